The second-order valence-electron chi connectivity index (χ2n) is 5.14. The van der Waals surface area contributed by atoms with E-state index in [9.17, 15) is 5.11 Å². The van der Waals surface area contributed by atoms with Crippen molar-refractivity contribution >= 4 is 11.6 Å². The largest absolute Gasteiger partial charge is 0.506 e. The Labute approximate surface area is 120 Å². The zero-order valence-electron chi connectivity index (χ0n) is 11.3. The van der Waals surface area contributed by atoms with Crippen molar-refractivity contribution in [2.75, 3.05) is 6.54 Å². The van der Waals surface area contributed by atoms with E-state index in [4.69, 9.17) is 11.6 Å². The fourth-order valence-electron chi connectivity index (χ4n) is 2.48. The molecule has 1 aromatic carbocycles. The number of rotatable bonds is 5. The van der Waals surface area contributed by atoms with Gasteiger partial charge in [0.15, 0.2) is 0 Å². The summed E-state index contributed by atoms with van der Waals surface area (Å²) >= 11 is 6.04. The molecule has 0 spiro atoms. The lowest BCUT2D eigenvalue weighted by molar-refractivity contribution is 0.474. The Kier molecular flexibility index (Phi) is 5.74. The summed E-state index contributed by atoms with van der Waals surface area (Å²) < 4.78 is 0. The topological polar surface area (TPSA) is 32.3 Å². The lowest BCUT2D eigenvalue weighted by Crippen LogP contribution is -2.15. The van der Waals surface area contributed by atoms with E-state index in [0.717, 1.165) is 18.5 Å². The Morgan fingerprint density at radius 2 is 2.11 bits per heavy atom. The number of nitrogens with one attached hydrogen (secondary N) is 1. The highest BCUT2D eigenvalue weighted by molar-refractivity contribution is 6.32. The van der Waals surface area contributed by atoms with Crippen molar-refractivity contribution in [3.05, 3.63) is 40.4 Å². The summed E-state index contributed by atoms with van der Waals surface area (Å²) in [7, 11) is 0. The van der Waals surface area contributed by atoms with Gasteiger partial charge in [-0.3, -0.25) is 0 Å². The highest BCUT2D eigenvalue weighted by Gasteiger charge is 2.05. The van der Waals surface area contributed by atoms with Gasteiger partial charge in [0.05, 0.1) is 5.02 Å². The standard InChI is InChI=1S/C16H22ClNO/c17-16-14(8-5-9-15(16)19)12-18-11-10-13-6-3-1-2-4-7-13/h5-6,8-9,18-19H,1-4,7,10-12H2. The van der Waals surface area contributed by atoms with Crippen LogP contribution in [-0.4, -0.2) is 11.7 Å². The van der Waals surface area contributed by atoms with Crippen molar-refractivity contribution in [3.63, 3.8) is 0 Å². The van der Waals surface area contributed by atoms with Crippen molar-refractivity contribution in [3.8, 4) is 5.75 Å². The van der Waals surface area contributed by atoms with Gasteiger partial charge >= 0.3 is 0 Å². The Morgan fingerprint density at radius 3 is 3.00 bits per heavy atom. The van der Waals surface area contributed by atoms with Crippen molar-refractivity contribution in [2.24, 2.45) is 0 Å². The molecule has 2 nitrogen and oxygen atoms in total. The molecule has 2 rings (SSSR count). The molecule has 0 fully saturated rings. The lowest BCUT2D eigenvalue weighted by Gasteiger charge is -2.09. The van der Waals surface area contributed by atoms with Gasteiger partial charge in [-0.2, -0.15) is 0 Å². The first kappa shape index (κ1) is 14.4. The first-order valence-corrected chi connectivity index (χ1v) is 7.50. The molecular weight excluding hydrogens is 258 g/mol. The molecule has 3 heteroatoms. The van der Waals surface area contributed by atoms with Crippen LogP contribution in [0.25, 0.3) is 0 Å². The van der Waals surface area contributed by atoms with Gasteiger partial charge in [0.2, 0.25) is 0 Å². The number of hydrogen-bond donors (Lipinski definition) is 2. The molecule has 0 radical (unpaired) electrons. The van der Waals surface area contributed by atoms with Crippen LogP contribution >= 0.6 is 11.6 Å². The van der Waals surface area contributed by atoms with Crippen molar-refractivity contribution in [1.29, 1.82) is 0 Å². The minimum Gasteiger partial charge on any atom is -0.506 e. The summed E-state index contributed by atoms with van der Waals surface area (Å²) in [6.07, 6.45) is 10.1. The van der Waals surface area contributed by atoms with Crippen molar-refractivity contribution in [1.82, 2.24) is 5.32 Å². The second kappa shape index (κ2) is 7.56. The third-order valence-corrected chi connectivity index (χ3v) is 4.07. The van der Waals surface area contributed by atoms with Gasteiger partial charge in [0.1, 0.15) is 5.75 Å². The van der Waals surface area contributed by atoms with Crippen LogP contribution < -0.4 is 5.32 Å². The molecule has 0 aliphatic heterocycles. The molecule has 104 valence electrons. The Bertz CT molecular complexity index is 442. The zero-order valence-corrected chi connectivity index (χ0v) is 12.0. The number of allylic oxidation sites excluding steroid dienone is 1. The summed E-state index contributed by atoms with van der Waals surface area (Å²) in [5.74, 6) is 0.160. The monoisotopic (exact) mass is 279 g/mol. The Morgan fingerprint density at radius 1 is 1.21 bits per heavy atom. The maximum Gasteiger partial charge on any atom is 0.134 e. The van der Waals surface area contributed by atoms with E-state index in [-0.39, 0.29) is 5.75 Å². The number of hydrogen-bond acceptors (Lipinski definition) is 2. The smallest absolute Gasteiger partial charge is 0.134 e. The van der Waals surface area contributed by atoms with E-state index in [2.05, 4.69) is 11.4 Å². The highest BCUT2D eigenvalue weighted by atomic mass is 35.5. The first-order chi connectivity index (χ1) is 9.27. The molecular formula is C16H22ClNO. The molecule has 2 N–H and O–H groups in total. The van der Waals surface area contributed by atoms with Gasteiger partial charge in [-0.15, -0.1) is 0 Å². The summed E-state index contributed by atoms with van der Waals surface area (Å²) in [5, 5.41) is 13.4. The van der Waals surface area contributed by atoms with Crippen LogP contribution in [0.4, 0.5) is 0 Å². The summed E-state index contributed by atoms with van der Waals surface area (Å²) in [4.78, 5) is 0. The molecule has 1 aromatic rings. The SMILES string of the molecule is Oc1cccc(CNCCC2=CCCCCC2)c1Cl. The fraction of sp³-hybridized carbons (Fsp3) is 0.500. The van der Waals surface area contributed by atoms with Gasteiger partial charge in [-0.05, 0) is 50.3 Å². The second-order valence-corrected chi connectivity index (χ2v) is 5.52. The fourth-order valence-corrected chi connectivity index (χ4v) is 2.68. The molecule has 0 amide bonds. The molecule has 0 heterocycles. The predicted molar refractivity (Wildman–Crippen MR) is 80.6 cm³/mol. The van der Waals surface area contributed by atoms with E-state index >= 15 is 0 Å². The minimum absolute atomic E-state index is 0.160. The van der Waals surface area contributed by atoms with Crippen LogP contribution in [0.3, 0.4) is 0 Å². The van der Waals surface area contributed by atoms with Crippen molar-refractivity contribution < 1.29 is 5.11 Å². The first-order valence-electron chi connectivity index (χ1n) is 7.12. The van der Waals surface area contributed by atoms with Gasteiger partial charge in [-0.1, -0.05) is 41.8 Å². The molecule has 0 atom stereocenters. The van der Waals surface area contributed by atoms with E-state index in [1.807, 2.05) is 12.1 Å². The Hall–Kier alpha value is -0.990. The number of benzene rings is 1. The molecule has 0 unspecified atom stereocenters. The summed E-state index contributed by atoms with van der Waals surface area (Å²) in [6.45, 7) is 1.68. The molecule has 19 heavy (non-hydrogen) atoms. The van der Waals surface area contributed by atoms with Gasteiger partial charge in [-0.25, -0.2) is 0 Å². The summed E-state index contributed by atoms with van der Waals surface area (Å²) in [6, 6.07) is 5.38. The third-order valence-electron chi connectivity index (χ3n) is 3.63. The maximum absolute atomic E-state index is 9.52. The molecule has 1 aliphatic rings. The third kappa shape index (κ3) is 4.55. The molecule has 1 aliphatic carbocycles. The zero-order chi connectivity index (χ0) is 13.5. The van der Waals surface area contributed by atoms with E-state index in [1.54, 1.807) is 11.6 Å². The molecule has 0 aromatic heterocycles. The predicted octanol–water partition coefficient (Wildman–Crippen LogP) is 4.42. The quantitative estimate of drug-likeness (QED) is 0.618. The van der Waals surface area contributed by atoms with E-state index in [0.29, 0.717) is 11.6 Å². The van der Waals surface area contributed by atoms with Gasteiger partial charge in [0, 0.05) is 6.54 Å². The van der Waals surface area contributed by atoms with Gasteiger partial charge < -0.3 is 10.4 Å². The highest BCUT2D eigenvalue weighted by Crippen LogP contribution is 2.26. The number of phenolic OH excluding ortho intramolecular Hbond substituents is 1. The number of halogens is 1. The summed E-state index contributed by atoms with van der Waals surface area (Å²) in [5.41, 5.74) is 2.54. The average molecular weight is 280 g/mol. The lowest BCUT2D eigenvalue weighted by atomic mass is 10.1. The van der Waals surface area contributed by atoms with E-state index in [1.165, 1.54) is 32.1 Å². The van der Waals surface area contributed by atoms with Crippen LogP contribution in [0.1, 0.15) is 44.1 Å². The average Bonchev–Trinajstić information content (AvgIpc) is 2.68. The number of phenols is 1. The van der Waals surface area contributed by atoms with Crippen LogP contribution in [0.2, 0.25) is 5.02 Å². The normalized spacial score (nSPS) is 15.9. The van der Waals surface area contributed by atoms with Crippen LogP contribution in [-0.2, 0) is 6.54 Å². The number of aromatic hydroxyl groups is 1. The van der Waals surface area contributed by atoms with Crippen LogP contribution in [0.5, 0.6) is 5.75 Å². The molecule has 0 saturated heterocycles. The van der Waals surface area contributed by atoms with E-state index < -0.39 is 0 Å². The molecule has 0 saturated carbocycles. The van der Waals surface area contributed by atoms with Gasteiger partial charge in [0.25, 0.3) is 0 Å². The van der Waals surface area contributed by atoms with Crippen molar-refractivity contribution in [2.45, 2.75) is 45.1 Å². The Balaban J connectivity index is 1.74. The van der Waals surface area contributed by atoms with Crippen LogP contribution in [0, 0.1) is 0 Å². The maximum atomic E-state index is 9.52. The van der Waals surface area contributed by atoms with Crippen LogP contribution in [0.15, 0.2) is 29.8 Å². The minimum atomic E-state index is 0.160. The molecule has 0 bridgehead atoms.